The van der Waals surface area contributed by atoms with E-state index in [1.54, 1.807) is 20.8 Å². The van der Waals surface area contributed by atoms with E-state index >= 15 is 0 Å². The summed E-state index contributed by atoms with van der Waals surface area (Å²) in [5, 5.41) is 0. The highest BCUT2D eigenvalue weighted by Crippen LogP contribution is 2.37. The molecule has 112 valence electrons. The predicted octanol–water partition coefficient (Wildman–Crippen LogP) is 1.90. The molecule has 0 aromatic carbocycles. The molecule has 3 atom stereocenters. The number of hydrogen-bond acceptors (Lipinski definition) is 5. The number of ketones is 1. The number of hydrogen-bond donors (Lipinski definition) is 0. The van der Waals surface area contributed by atoms with Gasteiger partial charge in [0.2, 0.25) is 0 Å². The second kappa shape index (κ2) is 7.22. The van der Waals surface area contributed by atoms with E-state index in [0.29, 0.717) is 12.0 Å². The van der Waals surface area contributed by atoms with Crippen LogP contribution < -0.4 is 0 Å². The minimum absolute atomic E-state index is 0.214. The van der Waals surface area contributed by atoms with Gasteiger partial charge in [-0.15, -0.1) is 0 Å². The number of ether oxygens (including phenoxy) is 2. The molecule has 5 heteroatoms. The van der Waals surface area contributed by atoms with Gasteiger partial charge in [-0.3, -0.25) is 14.4 Å². The SMILES string of the molecule is CCOC(=O)C1C(=O)C=C(C)C(C(=O)OCC)C1CC. The van der Waals surface area contributed by atoms with Crippen molar-refractivity contribution in [3.05, 3.63) is 11.6 Å². The highest BCUT2D eigenvalue weighted by Gasteiger charge is 2.45. The fourth-order valence-corrected chi connectivity index (χ4v) is 2.73. The van der Waals surface area contributed by atoms with Crippen LogP contribution in [0.25, 0.3) is 0 Å². The van der Waals surface area contributed by atoms with Crippen molar-refractivity contribution < 1.29 is 23.9 Å². The van der Waals surface area contributed by atoms with Crippen molar-refractivity contribution >= 4 is 17.7 Å². The van der Waals surface area contributed by atoms with Gasteiger partial charge in [-0.05, 0) is 32.8 Å². The lowest BCUT2D eigenvalue weighted by molar-refractivity contribution is -0.157. The molecule has 0 aromatic heterocycles. The molecule has 0 bridgehead atoms. The van der Waals surface area contributed by atoms with Crippen molar-refractivity contribution in [2.45, 2.75) is 34.1 Å². The van der Waals surface area contributed by atoms with Gasteiger partial charge in [0.05, 0.1) is 19.1 Å². The van der Waals surface area contributed by atoms with E-state index in [4.69, 9.17) is 9.47 Å². The largest absolute Gasteiger partial charge is 0.466 e. The smallest absolute Gasteiger partial charge is 0.317 e. The quantitative estimate of drug-likeness (QED) is 0.569. The van der Waals surface area contributed by atoms with E-state index in [1.807, 2.05) is 6.92 Å². The fourth-order valence-electron chi connectivity index (χ4n) is 2.73. The molecule has 1 rings (SSSR count). The third-order valence-corrected chi connectivity index (χ3v) is 3.58. The van der Waals surface area contributed by atoms with Gasteiger partial charge < -0.3 is 9.47 Å². The lowest BCUT2D eigenvalue weighted by atomic mass is 9.70. The monoisotopic (exact) mass is 282 g/mol. The molecule has 3 unspecified atom stereocenters. The predicted molar refractivity (Wildman–Crippen MR) is 72.8 cm³/mol. The number of allylic oxidation sites excluding steroid dienone is 1. The van der Waals surface area contributed by atoms with E-state index in [0.717, 1.165) is 0 Å². The number of esters is 2. The fraction of sp³-hybridized carbons (Fsp3) is 0.667. The summed E-state index contributed by atoms with van der Waals surface area (Å²) < 4.78 is 10.0. The highest BCUT2D eigenvalue weighted by molar-refractivity contribution is 6.07. The molecule has 0 radical (unpaired) electrons. The van der Waals surface area contributed by atoms with Gasteiger partial charge in [0, 0.05) is 0 Å². The zero-order valence-corrected chi connectivity index (χ0v) is 12.5. The average Bonchev–Trinajstić information content (AvgIpc) is 2.37. The van der Waals surface area contributed by atoms with Gasteiger partial charge >= 0.3 is 11.9 Å². The van der Waals surface area contributed by atoms with E-state index < -0.39 is 23.7 Å². The molecule has 0 aliphatic heterocycles. The minimum atomic E-state index is -0.905. The summed E-state index contributed by atoms with van der Waals surface area (Å²) in [6.07, 6.45) is 1.90. The molecule has 20 heavy (non-hydrogen) atoms. The van der Waals surface area contributed by atoms with Crippen LogP contribution in [0.2, 0.25) is 0 Å². The molecule has 0 amide bonds. The van der Waals surface area contributed by atoms with Crippen LogP contribution in [0.1, 0.15) is 34.1 Å². The second-order valence-electron chi connectivity index (χ2n) is 4.82. The van der Waals surface area contributed by atoms with Crippen molar-refractivity contribution in [3.63, 3.8) is 0 Å². The van der Waals surface area contributed by atoms with E-state index in [1.165, 1.54) is 6.08 Å². The molecule has 0 saturated carbocycles. The number of carbonyl (C=O) groups is 3. The Morgan fingerprint density at radius 1 is 1.05 bits per heavy atom. The summed E-state index contributed by atoms with van der Waals surface area (Å²) in [5.41, 5.74) is 0.654. The van der Waals surface area contributed by atoms with Crippen LogP contribution in [0, 0.1) is 17.8 Å². The van der Waals surface area contributed by atoms with E-state index in [-0.39, 0.29) is 25.0 Å². The van der Waals surface area contributed by atoms with Gasteiger partial charge in [0.1, 0.15) is 5.92 Å². The summed E-state index contributed by atoms with van der Waals surface area (Å²) in [7, 11) is 0. The van der Waals surface area contributed by atoms with Crippen molar-refractivity contribution in [2.75, 3.05) is 13.2 Å². The van der Waals surface area contributed by atoms with Gasteiger partial charge in [0.15, 0.2) is 5.78 Å². The topological polar surface area (TPSA) is 69.7 Å². The van der Waals surface area contributed by atoms with Crippen LogP contribution >= 0.6 is 0 Å². The average molecular weight is 282 g/mol. The summed E-state index contributed by atoms with van der Waals surface area (Å²) in [6, 6.07) is 0. The molecule has 1 aliphatic carbocycles. The Hall–Kier alpha value is -1.65. The Morgan fingerprint density at radius 2 is 1.55 bits per heavy atom. The first-order valence-corrected chi connectivity index (χ1v) is 7.03. The molecule has 0 fully saturated rings. The van der Waals surface area contributed by atoms with Crippen molar-refractivity contribution in [3.8, 4) is 0 Å². The molecule has 0 N–H and O–H groups in total. The Labute approximate surface area is 119 Å². The standard InChI is InChI=1S/C15H22O5/c1-5-10-12(14(17)19-6-2)9(4)8-11(16)13(10)15(18)20-7-3/h8,10,12-13H,5-7H2,1-4H3. The lowest BCUT2D eigenvalue weighted by Crippen LogP contribution is -2.43. The Bertz CT molecular complexity index is 424. The van der Waals surface area contributed by atoms with Crippen molar-refractivity contribution in [2.24, 2.45) is 17.8 Å². The molecular weight excluding hydrogens is 260 g/mol. The summed E-state index contributed by atoms with van der Waals surface area (Å²) in [6.45, 7) is 7.49. The second-order valence-corrected chi connectivity index (χ2v) is 4.82. The zero-order chi connectivity index (χ0) is 15.3. The molecule has 0 aromatic rings. The maximum atomic E-state index is 12.1. The normalized spacial score (nSPS) is 25.9. The van der Waals surface area contributed by atoms with Crippen molar-refractivity contribution in [1.29, 1.82) is 0 Å². The first kappa shape index (κ1) is 16.4. The van der Waals surface area contributed by atoms with Crippen LogP contribution in [0.3, 0.4) is 0 Å². The van der Waals surface area contributed by atoms with Gasteiger partial charge in [0.25, 0.3) is 0 Å². The molecule has 0 spiro atoms. The van der Waals surface area contributed by atoms with Gasteiger partial charge in [-0.25, -0.2) is 0 Å². The van der Waals surface area contributed by atoms with Crippen LogP contribution in [-0.4, -0.2) is 30.9 Å². The maximum absolute atomic E-state index is 12.1. The van der Waals surface area contributed by atoms with E-state index in [9.17, 15) is 14.4 Å². The summed E-state index contributed by atoms with van der Waals surface area (Å²) in [4.78, 5) is 36.2. The Morgan fingerprint density at radius 3 is 2.00 bits per heavy atom. The van der Waals surface area contributed by atoms with E-state index in [2.05, 4.69) is 0 Å². The Kier molecular flexibility index (Phi) is 5.92. The number of carbonyl (C=O) groups excluding carboxylic acids is 3. The third kappa shape index (κ3) is 3.26. The maximum Gasteiger partial charge on any atom is 0.317 e. The third-order valence-electron chi connectivity index (χ3n) is 3.58. The van der Waals surface area contributed by atoms with Crippen LogP contribution in [-0.2, 0) is 23.9 Å². The first-order chi connectivity index (χ1) is 9.47. The highest BCUT2D eigenvalue weighted by atomic mass is 16.5. The lowest BCUT2D eigenvalue weighted by Gasteiger charge is -2.33. The van der Waals surface area contributed by atoms with Crippen LogP contribution in [0.5, 0.6) is 0 Å². The zero-order valence-electron chi connectivity index (χ0n) is 12.5. The molecule has 0 saturated heterocycles. The summed E-state index contributed by atoms with van der Waals surface area (Å²) in [5.74, 6) is -3.07. The molecule has 0 heterocycles. The number of rotatable bonds is 5. The summed E-state index contributed by atoms with van der Waals surface area (Å²) >= 11 is 0. The first-order valence-electron chi connectivity index (χ1n) is 7.03. The van der Waals surface area contributed by atoms with Gasteiger partial charge in [-0.2, -0.15) is 0 Å². The van der Waals surface area contributed by atoms with Crippen LogP contribution in [0.15, 0.2) is 11.6 Å². The van der Waals surface area contributed by atoms with Crippen LogP contribution in [0.4, 0.5) is 0 Å². The Balaban J connectivity index is 3.12. The van der Waals surface area contributed by atoms with Crippen molar-refractivity contribution in [1.82, 2.24) is 0 Å². The molecular formula is C15H22O5. The molecule has 1 aliphatic rings. The van der Waals surface area contributed by atoms with Gasteiger partial charge in [-0.1, -0.05) is 18.9 Å². The molecule has 5 nitrogen and oxygen atoms in total. The minimum Gasteiger partial charge on any atom is -0.466 e.